The van der Waals surface area contributed by atoms with Gasteiger partial charge in [0.15, 0.2) is 11.5 Å². The van der Waals surface area contributed by atoms with Gasteiger partial charge in [-0.3, -0.25) is 14.6 Å². The lowest BCUT2D eigenvalue weighted by Crippen LogP contribution is -2.36. The number of aliphatic imine (C=N–C) groups is 1. The van der Waals surface area contributed by atoms with Crippen LogP contribution in [0.4, 0.5) is 5.69 Å². The normalized spacial score (nSPS) is 22.8. The number of carbonyl (C=O) groups is 2. The van der Waals surface area contributed by atoms with E-state index in [0.717, 1.165) is 54.0 Å². The van der Waals surface area contributed by atoms with Crippen molar-refractivity contribution in [3.05, 3.63) is 53.1 Å². The molecule has 0 spiro atoms. The van der Waals surface area contributed by atoms with Crippen molar-refractivity contribution < 1.29 is 23.8 Å². The SMILES string of the molecule is CCOc1cc2c(cc1OC)C(c1cccc(NC(=O)C3CC3)c1)=NC1CC(OC(C)=O)CCC21. The number of rotatable bonds is 7. The van der Waals surface area contributed by atoms with Crippen LogP contribution in [0.1, 0.15) is 68.6 Å². The van der Waals surface area contributed by atoms with E-state index < -0.39 is 0 Å². The Hall–Kier alpha value is -3.35. The zero-order valence-electron chi connectivity index (χ0n) is 20.5. The van der Waals surface area contributed by atoms with E-state index in [-0.39, 0.29) is 35.9 Å². The summed E-state index contributed by atoms with van der Waals surface area (Å²) in [6.07, 6.45) is 4.15. The van der Waals surface area contributed by atoms with Crippen molar-refractivity contribution in [2.75, 3.05) is 19.0 Å². The van der Waals surface area contributed by atoms with Crippen LogP contribution in [0.25, 0.3) is 0 Å². The first kappa shape index (κ1) is 23.4. The highest BCUT2D eigenvalue weighted by Crippen LogP contribution is 2.45. The van der Waals surface area contributed by atoms with Crippen LogP contribution < -0.4 is 14.8 Å². The predicted molar refractivity (Wildman–Crippen MR) is 134 cm³/mol. The van der Waals surface area contributed by atoms with Crippen LogP contribution in [-0.4, -0.2) is 43.5 Å². The van der Waals surface area contributed by atoms with Gasteiger partial charge < -0.3 is 19.5 Å². The maximum atomic E-state index is 12.3. The van der Waals surface area contributed by atoms with Gasteiger partial charge in [-0.05, 0) is 62.4 Å². The first-order chi connectivity index (χ1) is 17.0. The van der Waals surface area contributed by atoms with E-state index >= 15 is 0 Å². The maximum Gasteiger partial charge on any atom is 0.302 e. The Morgan fingerprint density at radius 1 is 1.09 bits per heavy atom. The van der Waals surface area contributed by atoms with Gasteiger partial charge in [-0.1, -0.05) is 12.1 Å². The van der Waals surface area contributed by atoms with E-state index in [9.17, 15) is 9.59 Å². The molecule has 2 aromatic carbocycles. The summed E-state index contributed by atoms with van der Waals surface area (Å²) in [6.45, 7) is 3.96. The molecule has 0 saturated heterocycles. The molecule has 2 fully saturated rings. The summed E-state index contributed by atoms with van der Waals surface area (Å²) in [4.78, 5) is 29.1. The number of anilines is 1. The Morgan fingerprint density at radius 3 is 2.63 bits per heavy atom. The molecular weight excluding hydrogens is 444 g/mol. The molecule has 0 aromatic heterocycles. The summed E-state index contributed by atoms with van der Waals surface area (Å²) in [5.74, 6) is 1.56. The third-order valence-electron chi connectivity index (χ3n) is 7.04. The lowest BCUT2D eigenvalue weighted by Gasteiger charge is -2.38. The van der Waals surface area contributed by atoms with Gasteiger partial charge in [-0.2, -0.15) is 0 Å². The lowest BCUT2D eigenvalue weighted by atomic mass is 9.74. The molecule has 1 heterocycles. The minimum Gasteiger partial charge on any atom is -0.493 e. The number of nitrogens with one attached hydrogen (secondary N) is 1. The summed E-state index contributed by atoms with van der Waals surface area (Å²) in [5.41, 5.74) is 4.75. The van der Waals surface area contributed by atoms with Crippen LogP contribution in [0, 0.1) is 5.92 Å². The van der Waals surface area contributed by atoms with Gasteiger partial charge in [0, 0.05) is 42.0 Å². The summed E-state index contributed by atoms with van der Waals surface area (Å²) in [6, 6.07) is 12.0. The first-order valence-electron chi connectivity index (χ1n) is 12.5. The van der Waals surface area contributed by atoms with Crippen molar-refractivity contribution in [1.82, 2.24) is 0 Å². The van der Waals surface area contributed by atoms with E-state index in [1.807, 2.05) is 37.3 Å². The number of amides is 1. The Balaban J connectivity index is 1.55. The van der Waals surface area contributed by atoms with Gasteiger partial charge in [0.2, 0.25) is 5.91 Å². The lowest BCUT2D eigenvalue weighted by molar-refractivity contribution is -0.148. The van der Waals surface area contributed by atoms with E-state index in [0.29, 0.717) is 18.8 Å². The minimum atomic E-state index is -0.253. The number of benzene rings is 2. The minimum absolute atomic E-state index is 0.0109. The number of ether oxygens (including phenoxy) is 3. The van der Waals surface area contributed by atoms with Gasteiger partial charge >= 0.3 is 5.97 Å². The largest absolute Gasteiger partial charge is 0.493 e. The monoisotopic (exact) mass is 476 g/mol. The predicted octanol–water partition coefficient (Wildman–Crippen LogP) is 4.86. The van der Waals surface area contributed by atoms with Crippen LogP contribution in [-0.2, 0) is 14.3 Å². The summed E-state index contributed by atoms with van der Waals surface area (Å²) in [7, 11) is 1.64. The average molecular weight is 477 g/mol. The average Bonchev–Trinajstić information content (AvgIpc) is 3.69. The fourth-order valence-electron chi connectivity index (χ4n) is 5.27. The molecule has 7 heteroatoms. The summed E-state index contributed by atoms with van der Waals surface area (Å²) < 4.78 is 17.1. The van der Waals surface area contributed by atoms with E-state index in [1.54, 1.807) is 7.11 Å². The van der Waals surface area contributed by atoms with Crippen molar-refractivity contribution in [2.24, 2.45) is 10.9 Å². The van der Waals surface area contributed by atoms with Crippen molar-refractivity contribution in [2.45, 2.75) is 64.0 Å². The molecule has 3 unspecified atom stereocenters. The molecule has 2 aliphatic carbocycles. The molecule has 7 nitrogen and oxygen atoms in total. The van der Waals surface area contributed by atoms with Gasteiger partial charge in [0.25, 0.3) is 0 Å². The second kappa shape index (κ2) is 9.72. The molecule has 1 amide bonds. The van der Waals surface area contributed by atoms with Gasteiger partial charge in [-0.15, -0.1) is 0 Å². The standard InChI is InChI=1S/C28H32N2O5/c1-4-34-26-14-22-21-11-10-20(35-16(2)31)13-24(21)30-27(23(22)15-25(26)33-3)18-6-5-7-19(12-18)29-28(32)17-8-9-17/h5-7,12,14-15,17,20-21,24H,4,8-11,13H2,1-3H3,(H,29,32). The number of nitrogens with zero attached hydrogens (tertiary/aromatic N) is 1. The molecule has 35 heavy (non-hydrogen) atoms. The van der Waals surface area contributed by atoms with Crippen LogP contribution in [0.15, 0.2) is 41.4 Å². The van der Waals surface area contributed by atoms with Gasteiger partial charge in [0.05, 0.1) is 25.5 Å². The Kier molecular flexibility index (Phi) is 6.50. The van der Waals surface area contributed by atoms with Gasteiger partial charge in [-0.25, -0.2) is 0 Å². The maximum absolute atomic E-state index is 12.3. The van der Waals surface area contributed by atoms with Crippen molar-refractivity contribution in [1.29, 1.82) is 0 Å². The second-order valence-corrected chi connectivity index (χ2v) is 9.56. The van der Waals surface area contributed by atoms with Crippen molar-refractivity contribution in [3.8, 4) is 11.5 Å². The molecule has 2 saturated carbocycles. The molecule has 1 aliphatic heterocycles. The van der Waals surface area contributed by atoms with Crippen LogP contribution in [0.5, 0.6) is 11.5 Å². The quantitative estimate of drug-likeness (QED) is 0.577. The third-order valence-corrected chi connectivity index (χ3v) is 7.04. The zero-order valence-corrected chi connectivity index (χ0v) is 20.5. The first-order valence-corrected chi connectivity index (χ1v) is 12.5. The highest BCUT2D eigenvalue weighted by atomic mass is 16.5. The number of hydrogen-bond acceptors (Lipinski definition) is 6. The van der Waals surface area contributed by atoms with Crippen molar-refractivity contribution >= 4 is 23.3 Å². The number of esters is 1. The molecule has 1 N–H and O–H groups in total. The second-order valence-electron chi connectivity index (χ2n) is 9.56. The Labute approximate surface area is 205 Å². The highest BCUT2D eigenvalue weighted by molar-refractivity contribution is 6.15. The molecule has 5 rings (SSSR count). The van der Waals surface area contributed by atoms with Crippen molar-refractivity contribution in [3.63, 3.8) is 0 Å². The molecule has 0 radical (unpaired) electrons. The molecular formula is C28H32N2O5. The van der Waals surface area contributed by atoms with E-state index in [1.165, 1.54) is 12.5 Å². The van der Waals surface area contributed by atoms with Crippen LogP contribution >= 0.6 is 0 Å². The fraction of sp³-hybridized carbons (Fsp3) is 0.464. The fourth-order valence-corrected chi connectivity index (χ4v) is 5.27. The number of methoxy groups -OCH3 is 1. The molecule has 0 bridgehead atoms. The van der Waals surface area contributed by atoms with Crippen LogP contribution in [0.3, 0.4) is 0 Å². The zero-order chi connectivity index (χ0) is 24.5. The summed E-state index contributed by atoms with van der Waals surface area (Å²) >= 11 is 0. The summed E-state index contributed by atoms with van der Waals surface area (Å²) in [5, 5.41) is 3.04. The highest BCUT2D eigenvalue weighted by Gasteiger charge is 2.38. The Morgan fingerprint density at radius 2 is 1.91 bits per heavy atom. The molecule has 184 valence electrons. The number of carbonyl (C=O) groups excluding carboxylic acids is 2. The Bertz CT molecular complexity index is 1170. The van der Waals surface area contributed by atoms with E-state index in [2.05, 4.69) is 11.4 Å². The molecule has 2 aromatic rings. The van der Waals surface area contributed by atoms with Gasteiger partial charge in [0.1, 0.15) is 6.10 Å². The number of hydrogen-bond donors (Lipinski definition) is 1. The van der Waals surface area contributed by atoms with Crippen LogP contribution in [0.2, 0.25) is 0 Å². The van der Waals surface area contributed by atoms with E-state index in [4.69, 9.17) is 19.2 Å². The molecule has 3 aliphatic rings. The number of fused-ring (bicyclic) bond motifs is 3. The third kappa shape index (κ3) is 4.90. The smallest absolute Gasteiger partial charge is 0.302 e. The molecule has 3 atom stereocenters. The topological polar surface area (TPSA) is 86.2 Å².